The number of carbonyl (C=O) groups is 1. The van der Waals surface area contributed by atoms with Gasteiger partial charge in [-0.15, -0.1) is 0 Å². The van der Waals surface area contributed by atoms with E-state index in [4.69, 9.17) is 5.73 Å². The number of hydrogen-bond donors (Lipinski definition) is 2. The van der Waals surface area contributed by atoms with Crippen molar-refractivity contribution >= 4 is 5.91 Å². The predicted molar refractivity (Wildman–Crippen MR) is 71.9 cm³/mol. The molecule has 0 aromatic carbocycles. The van der Waals surface area contributed by atoms with Crippen LogP contribution in [0.1, 0.15) is 51.9 Å². The van der Waals surface area contributed by atoms with E-state index in [2.05, 4.69) is 12.2 Å². The van der Waals surface area contributed by atoms with Crippen LogP contribution in [0.15, 0.2) is 0 Å². The van der Waals surface area contributed by atoms with Crippen LogP contribution in [0.2, 0.25) is 0 Å². The molecule has 0 heterocycles. The third-order valence-electron chi connectivity index (χ3n) is 5.65. The van der Waals surface area contributed by atoms with Crippen LogP contribution in [0, 0.1) is 23.7 Å². The first kappa shape index (κ1) is 12.5. The first-order chi connectivity index (χ1) is 8.65. The number of hydrogen-bond acceptors (Lipinski definition) is 2. The molecule has 3 heteroatoms. The Hall–Kier alpha value is -0.570. The van der Waals surface area contributed by atoms with Gasteiger partial charge >= 0.3 is 0 Å². The molecule has 1 amide bonds. The molecule has 3 rings (SSSR count). The molecule has 0 aromatic rings. The van der Waals surface area contributed by atoms with Gasteiger partial charge in [0.1, 0.15) is 0 Å². The predicted octanol–water partition coefficient (Wildman–Crippen LogP) is 2.05. The molecule has 3 nitrogen and oxygen atoms in total. The van der Waals surface area contributed by atoms with E-state index in [1.807, 2.05) is 0 Å². The maximum absolute atomic E-state index is 12.4. The van der Waals surface area contributed by atoms with Crippen LogP contribution in [0.4, 0.5) is 0 Å². The molecule has 0 spiro atoms. The third-order valence-corrected chi connectivity index (χ3v) is 5.65. The van der Waals surface area contributed by atoms with Gasteiger partial charge in [-0.25, -0.2) is 0 Å². The Balaban J connectivity index is 1.55. The van der Waals surface area contributed by atoms with Crippen molar-refractivity contribution in [2.45, 2.75) is 64.0 Å². The number of fused-ring (bicyclic) bond motifs is 2. The van der Waals surface area contributed by atoms with Crippen LogP contribution in [0.25, 0.3) is 0 Å². The van der Waals surface area contributed by atoms with Crippen LogP contribution in [-0.2, 0) is 4.79 Å². The third kappa shape index (κ3) is 2.18. The van der Waals surface area contributed by atoms with E-state index in [0.717, 1.165) is 18.8 Å². The molecule has 3 aliphatic carbocycles. The molecule has 4 atom stereocenters. The van der Waals surface area contributed by atoms with Crippen LogP contribution in [0.3, 0.4) is 0 Å². The summed E-state index contributed by atoms with van der Waals surface area (Å²) < 4.78 is 0. The highest BCUT2D eigenvalue weighted by molar-refractivity contribution is 5.80. The van der Waals surface area contributed by atoms with Gasteiger partial charge in [0, 0.05) is 12.1 Å². The summed E-state index contributed by atoms with van der Waals surface area (Å²) in [6.07, 6.45) is 8.49. The highest BCUT2D eigenvalue weighted by atomic mass is 16.2. The Morgan fingerprint density at radius 1 is 1.06 bits per heavy atom. The van der Waals surface area contributed by atoms with Gasteiger partial charge in [-0.1, -0.05) is 6.92 Å². The van der Waals surface area contributed by atoms with Gasteiger partial charge in [0.25, 0.3) is 0 Å². The summed E-state index contributed by atoms with van der Waals surface area (Å²) in [5.41, 5.74) is 6.23. The van der Waals surface area contributed by atoms with E-state index in [1.54, 1.807) is 0 Å². The topological polar surface area (TPSA) is 55.1 Å². The zero-order valence-electron chi connectivity index (χ0n) is 11.4. The lowest BCUT2D eigenvalue weighted by Gasteiger charge is -2.31. The van der Waals surface area contributed by atoms with Gasteiger partial charge in [0.2, 0.25) is 5.91 Å². The smallest absolute Gasteiger partial charge is 0.225 e. The van der Waals surface area contributed by atoms with Crippen molar-refractivity contribution in [3.8, 4) is 0 Å². The summed E-state index contributed by atoms with van der Waals surface area (Å²) in [4.78, 5) is 12.4. The fourth-order valence-corrected chi connectivity index (χ4v) is 4.43. The number of nitrogens with one attached hydrogen (secondary N) is 1. The SMILES string of the molecule is CC1CCC(NC(=O)C2C3CCC(C3)C2N)CC1. The van der Waals surface area contributed by atoms with Gasteiger partial charge in [0.05, 0.1) is 5.92 Å². The first-order valence-corrected chi connectivity index (χ1v) is 7.71. The van der Waals surface area contributed by atoms with Gasteiger partial charge in [0.15, 0.2) is 0 Å². The highest BCUT2D eigenvalue weighted by Gasteiger charge is 2.49. The van der Waals surface area contributed by atoms with Crippen LogP contribution in [0.5, 0.6) is 0 Å². The minimum atomic E-state index is 0.114. The molecule has 4 unspecified atom stereocenters. The lowest BCUT2D eigenvalue weighted by atomic mass is 9.83. The Bertz CT molecular complexity index is 320. The summed E-state index contributed by atoms with van der Waals surface area (Å²) in [5.74, 6) is 2.41. The number of amides is 1. The second-order valence-corrected chi connectivity index (χ2v) is 6.90. The molecule has 0 radical (unpaired) electrons. The Kier molecular flexibility index (Phi) is 3.35. The summed E-state index contributed by atoms with van der Waals surface area (Å²) in [7, 11) is 0. The number of nitrogens with two attached hydrogens (primary N) is 1. The average Bonchev–Trinajstić information content (AvgIpc) is 2.92. The van der Waals surface area contributed by atoms with E-state index in [0.29, 0.717) is 17.9 Å². The van der Waals surface area contributed by atoms with Gasteiger partial charge in [-0.3, -0.25) is 4.79 Å². The normalized spacial score (nSPS) is 47.2. The van der Waals surface area contributed by atoms with Crippen molar-refractivity contribution < 1.29 is 4.79 Å². The van der Waals surface area contributed by atoms with Gasteiger partial charge < -0.3 is 11.1 Å². The molecule has 0 aromatic heterocycles. The highest BCUT2D eigenvalue weighted by Crippen LogP contribution is 2.47. The number of carbonyl (C=O) groups excluding carboxylic acids is 1. The average molecular weight is 250 g/mol. The zero-order valence-corrected chi connectivity index (χ0v) is 11.4. The summed E-state index contributed by atoms with van der Waals surface area (Å²) in [6.45, 7) is 2.31. The van der Waals surface area contributed by atoms with Crippen LogP contribution in [-0.4, -0.2) is 18.0 Å². The van der Waals surface area contributed by atoms with Crippen molar-refractivity contribution in [1.82, 2.24) is 5.32 Å². The molecule has 3 saturated carbocycles. The minimum absolute atomic E-state index is 0.114. The summed E-state index contributed by atoms with van der Waals surface area (Å²) in [5, 5.41) is 3.28. The first-order valence-electron chi connectivity index (χ1n) is 7.71. The molecular formula is C15H26N2O. The van der Waals surface area contributed by atoms with Crippen molar-refractivity contribution in [3.05, 3.63) is 0 Å². The maximum atomic E-state index is 12.4. The van der Waals surface area contributed by atoms with Crippen molar-refractivity contribution in [2.75, 3.05) is 0 Å². The number of rotatable bonds is 2. The quantitative estimate of drug-likeness (QED) is 0.788. The van der Waals surface area contributed by atoms with E-state index in [1.165, 1.54) is 32.1 Å². The van der Waals surface area contributed by atoms with Crippen LogP contribution >= 0.6 is 0 Å². The molecular weight excluding hydrogens is 224 g/mol. The summed E-state index contributed by atoms with van der Waals surface area (Å²) >= 11 is 0. The largest absolute Gasteiger partial charge is 0.353 e. The van der Waals surface area contributed by atoms with Crippen molar-refractivity contribution in [2.24, 2.45) is 29.4 Å². The van der Waals surface area contributed by atoms with Gasteiger partial charge in [-0.05, 0) is 62.7 Å². The van der Waals surface area contributed by atoms with E-state index in [-0.39, 0.29) is 17.9 Å². The van der Waals surface area contributed by atoms with Gasteiger partial charge in [-0.2, -0.15) is 0 Å². The van der Waals surface area contributed by atoms with E-state index in [9.17, 15) is 4.79 Å². The van der Waals surface area contributed by atoms with E-state index < -0.39 is 0 Å². The Morgan fingerprint density at radius 3 is 2.33 bits per heavy atom. The Labute approximate surface area is 110 Å². The molecule has 0 aliphatic heterocycles. The van der Waals surface area contributed by atoms with E-state index >= 15 is 0 Å². The summed E-state index contributed by atoms with van der Waals surface area (Å²) in [6, 6.07) is 0.547. The fraction of sp³-hybridized carbons (Fsp3) is 0.933. The lowest BCUT2D eigenvalue weighted by molar-refractivity contribution is -0.128. The second kappa shape index (κ2) is 4.84. The zero-order chi connectivity index (χ0) is 12.7. The lowest BCUT2D eigenvalue weighted by Crippen LogP contribution is -2.48. The molecule has 0 saturated heterocycles. The maximum Gasteiger partial charge on any atom is 0.225 e. The molecule has 18 heavy (non-hydrogen) atoms. The molecule has 102 valence electrons. The molecule has 2 bridgehead atoms. The second-order valence-electron chi connectivity index (χ2n) is 6.90. The fourth-order valence-electron chi connectivity index (χ4n) is 4.43. The monoisotopic (exact) mass is 250 g/mol. The van der Waals surface area contributed by atoms with Crippen LogP contribution < -0.4 is 11.1 Å². The standard InChI is InChI=1S/C15H26N2O/c1-9-2-6-12(7-3-9)17-15(18)13-10-4-5-11(8-10)14(13)16/h9-14H,2-8,16H2,1H3,(H,17,18). The minimum Gasteiger partial charge on any atom is -0.353 e. The van der Waals surface area contributed by atoms with Crippen molar-refractivity contribution in [3.63, 3.8) is 0 Å². The molecule has 3 N–H and O–H groups in total. The van der Waals surface area contributed by atoms with Crippen molar-refractivity contribution in [1.29, 1.82) is 0 Å². The molecule has 3 fully saturated rings. The Morgan fingerprint density at radius 2 is 1.72 bits per heavy atom. The molecule has 3 aliphatic rings.